The van der Waals surface area contributed by atoms with E-state index in [2.05, 4.69) is 39.9 Å². The van der Waals surface area contributed by atoms with Crippen LogP contribution in [0.2, 0.25) is 0 Å². The van der Waals surface area contributed by atoms with E-state index in [4.69, 9.17) is 0 Å². The largest absolute Gasteiger partial charge is 0.266 e. The maximum atomic E-state index is 2.44. The molecule has 0 aromatic heterocycles. The summed E-state index contributed by atoms with van der Waals surface area (Å²) in [5, 5.41) is 0. The number of hydrogen-bond acceptors (Lipinski definition) is 1. The molecule has 0 unspecified atom stereocenters. The van der Waals surface area contributed by atoms with Gasteiger partial charge < -0.3 is 0 Å². The molecule has 0 saturated heterocycles. The van der Waals surface area contributed by atoms with Crippen LogP contribution in [-0.2, 0) is 0 Å². The lowest BCUT2D eigenvalue weighted by atomic mass is 10.0. The molecule has 0 rings (SSSR count). The molecule has 0 radical (unpaired) electrons. The molecule has 0 atom stereocenters. The van der Waals surface area contributed by atoms with Crippen molar-refractivity contribution in [2.75, 3.05) is 26.4 Å². The molecule has 1 nitrogen and oxygen atoms in total. The van der Waals surface area contributed by atoms with Gasteiger partial charge in [0.15, 0.2) is 0 Å². The van der Waals surface area contributed by atoms with Gasteiger partial charge in [0.1, 0.15) is 0 Å². The second-order valence-corrected chi connectivity index (χ2v) is 16.8. The molecule has 0 saturated carbocycles. The van der Waals surface area contributed by atoms with Crippen LogP contribution in [0.1, 0.15) is 245 Å². The van der Waals surface area contributed by atoms with E-state index in [1.54, 1.807) is 0 Å². The molecular formula is C42H88NS+. The molecular weight excluding hydrogens is 551 g/mol. The van der Waals surface area contributed by atoms with Crippen molar-refractivity contribution in [2.24, 2.45) is 0 Å². The van der Waals surface area contributed by atoms with Crippen molar-refractivity contribution in [1.29, 1.82) is 0 Å². The van der Waals surface area contributed by atoms with E-state index < -0.39 is 0 Å². The zero-order valence-corrected chi connectivity index (χ0v) is 32.5. The quantitative estimate of drug-likeness (QED) is 0.0367. The lowest BCUT2D eigenvalue weighted by Gasteiger charge is -2.26. The molecule has 0 bridgehead atoms. The van der Waals surface area contributed by atoms with Crippen molar-refractivity contribution < 1.29 is 3.89 Å². The van der Waals surface area contributed by atoms with Gasteiger partial charge in [0.2, 0.25) is 0 Å². The average Bonchev–Trinajstić information content (AvgIpc) is 3.01. The van der Waals surface area contributed by atoms with Gasteiger partial charge in [-0.25, -0.2) is 0 Å². The molecule has 2 heteroatoms. The first-order valence-electron chi connectivity index (χ1n) is 21.1. The van der Waals surface area contributed by atoms with Gasteiger partial charge >= 0.3 is 0 Å². The molecule has 0 heterocycles. The zero-order chi connectivity index (χ0) is 32.1. The highest BCUT2D eigenvalue weighted by Gasteiger charge is 2.15. The van der Waals surface area contributed by atoms with Crippen LogP contribution in [0, 0.1) is 0 Å². The van der Waals surface area contributed by atoms with E-state index in [1.807, 2.05) is 0 Å². The van der Waals surface area contributed by atoms with Crippen molar-refractivity contribution >= 4 is 11.9 Å². The molecule has 266 valence electrons. The monoisotopic (exact) mass is 639 g/mol. The van der Waals surface area contributed by atoms with Crippen molar-refractivity contribution in [2.45, 2.75) is 245 Å². The molecule has 0 N–H and O–H groups in total. The Kier molecular flexibility index (Phi) is 38.0. The molecule has 0 aliphatic rings. The zero-order valence-electron chi connectivity index (χ0n) is 31.7. The normalized spacial score (nSPS) is 12.0. The summed E-state index contributed by atoms with van der Waals surface area (Å²) in [6.45, 7) is 5.97. The molecule has 0 amide bonds. The van der Waals surface area contributed by atoms with E-state index in [1.165, 1.54) is 243 Å². The van der Waals surface area contributed by atoms with Crippen LogP contribution in [-0.4, -0.2) is 30.3 Å². The minimum Gasteiger partial charge on any atom is -0.266 e. The van der Waals surface area contributed by atoms with E-state index >= 15 is 0 Å². The SMILES string of the molecule is CCCCCCCCCCCCCCCCCCCCC[N+](C)(C)SCCCCCCCCCCCCCCCCCCC. The fourth-order valence-electron chi connectivity index (χ4n) is 6.77. The molecule has 0 aromatic rings. The van der Waals surface area contributed by atoms with Crippen LogP contribution < -0.4 is 0 Å². The molecule has 44 heavy (non-hydrogen) atoms. The summed E-state index contributed by atoms with van der Waals surface area (Å²) in [6.07, 6.45) is 52.8. The van der Waals surface area contributed by atoms with Crippen LogP contribution in [0.15, 0.2) is 0 Å². The van der Waals surface area contributed by atoms with Gasteiger partial charge in [0.25, 0.3) is 0 Å². The Labute approximate surface area is 286 Å². The summed E-state index contributed by atoms with van der Waals surface area (Å²) in [4.78, 5) is 0. The molecule has 0 spiro atoms. The second-order valence-electron chi connectivity index (χ2n) is 15.2. The minimum atomic E-state index is 1.16. The fourth-order valence-corrected chi connectivity index (χ4v) is 7.86. The number of quaternary nitrogens is 1. The van der Waals surface area contributed by atoms with Crippen molar-refractivity contribution in [3.8, 4) is 0 Å². The Bertz CT molecular complexity index is 504. The topological polar surface area (TPSA) is 0 Å². The summed E-state index contributed by atoms with van der Waals surface area (Å²) in [6, 6.07) is 0. The van der Waals surface area contributed by atoms with Gasteiger partial charge in [-0.2, -0.15) is 0 Å². The second kappa shape index (κ2) is 37.8. The first-order chi connectivity index (χ1) is 21.6. The molecule has 0 aromatic carbocycles. The van der Waals surface area contributed by atoms with Crippen LogP contribution in [0.25, 0.3) is 0 Å². The van der Waals surface area contributed by atoms with Gasteiger partial charge in [-0.05, 0) is 19.3 Å². The maximum Gasteiger partial charge on any atom is 0.0888 e. The van der Waals surface area contributed by atoms with E-state index in [0.717, 1.165) is 3.89 Å². The van der Waals surface area contributed by atoms with Gasteiger partial charge in [-0.1, -0.05) is 226 Å². The third kappa shape index (κ3) is 38.5. The van der Waals surface area contributed by atoms with E-state index in [9.17, 15) is 0 Å². The van der Waals surface area contributed by atoms with Crippen molar-refractivity contribution in [3.05, 3.63) is 0 Å². The molecule has 0 aliphatic carbocycles. The summed E-state index contributed by atoms with van der Waals surface area (Å²) in [5.41, 5.74) is 0. The van der Waals surface area contributed by atoms with Crippen molar-refractivity contribution in [1.82, 2.24) is 0 Å². The van der Waals surface area contributed by atoms with Crippen LogP contribution >= 0.6 is 11.9 Å². The summed E-state index contributed by atoms with van der Waals surface area (Å²) < 4.78 is 1.16. The summed E-state index contributed by atoms with van der Waals surface area (Å²) in [7, 11) is 4.87. The van der Waals surface area contributed by atoms with Crippen molar-refractivity contribution in [3.63, 3.8) is 0 Å². The smallest absolute Gasteiger partial charge is 0.0888 e. The predicted octanol–water partition coefficient (Wildman–Crippen LogP) is 15.8. The third-order valence-electron chi connectivity index (χ3n) is 9.99. The lowest BCUT2D eigenvalue weighted by Crippen LogP contribution is -2.33. The summed E-state index contributed by atoms with van der Waals surface area (Å²) in [5.74, 6) is 1.35. The Morgan fingerprint density at radius 2 is 0.477 bits per heavy atom. The summed E-state index contributed by atoms with van der Waals surface area (Å²) >= 11 is 2.19. The number of hydrogen-bond donors (Lipinski definition) is 0. The Balaban J connectivity index is 3.25. The Hall–Kier alpha value is 0.310. The Morgan fingerprint density at radius 1 is 0.273 bits per heavy atom. The highest BCUT2D eigenvalue weighted by Crippen LogP contribution is 2.22. The van der Waals surface area contributed by atoms with E-state index in [-0.39, 0.29) is 0 Å². The third-order valence-corrected chi connectivity index (χ3v) is 11.3. The van der Waals surface area contributed by atoms with Gasteiger partial charge in [0, 0.05) is 5.75 Å². The van der Waals surface area contributed by atoms with Gasteiger partial charge in [-0.3, -0.25) is 3.89 Å². The average molecular weight is 639 g/mol. The predicted molar refractivity (Wildman–Crippen MR) is 207 cm³/mol. The standard InChI is InChI=1S/C42H88NS/c1-5-7-9-11-13-15-17-19-21-23-24-25-27-29-31-33-35-37-39-41-43(3,4)44-42-40-38-36-34-32-30-28-26-22-20-18-16-14-12-10-8-6-2/h5-42H2,1-4H3/q+1. The Morgan fingerprint density at radius 3 is 0.727 bits per heavy atom. The van der Waals surface area contributed by atoms with Gasteiger partial charge in [-0.15, -0.1) is 0 Å². The van der Waals surface area contributed by atoms with Crippen LogP contribution in [0.5, 0.6) is 0 Å². The van der Waals surface area contributed by atoms with Crippen LogP contribution in [0.3, 0.4) is 0 Å². The number of unbranched alkanes of at least 4 members (excludes halogenated alkanes) is 34. The lowest BCUT2D eigenvalue weighted by molar-refractivity contribution is -0.751. The number of nitrogens with zero attached hydrogens (tertiary/aromatic N) is 1. The molecule has 0 fully saturated rings. The first kappa shape index (κ1) is 44.3. The van der Waals surface area contributed by atoms with Gasteiger partial charge in [0.05, 0.1) is 32.6 Å². The highest BCUT2D eigenvalue weighted by atomic mass is 32.2. The fraction of sp³-hybridized carbons (Fsp3) is 1.00. The molecule has 0 aliphatic heterocycles. The maximum absolute atomic E-state index is 2.44. The first-order valence-corrected chi connectivity index (χ1v) is 22.0. The van der Waals surface area contributed by atoms with Crippen LogP contribution in [0.4, 0.5) is 0 Å². The van der Waals surface area contributed by atoms with E-state index in [0.29, 0.717) is 0 Å². The number of rotatable bonds is 39. The minimum absolute atomic E-state index is 1.16. The highest BCUT2D eigenvalue weighted by molar-refractivity contribution is 7.93.